The second-order valence-electron chi connectivity index (χ2n) is 10.1. The molecule has 0 saturated heterocycles. The fraction of sp³-hybridized carbons (Fsp3) is 0.419. The molecule has 0 bridgehead atoms. The van der Waals surface area contributed by atoms with E-state index >= 15 is 0 Å². The summed E-state index contributed by atoms with van der Waals surface area (Å²) in [5.41, 5.74) is 0.903. The van der Waals surface area contributed by atoms with Crippen LogP contribution in [0.15, 0.2) is 65.1 Å². The number of para-hydroxylation sites is 1. The summed E-state index contributed by atoms with van der Waals surface area (Å²) in [4.78, 5) is 31.1. The fourth-order valence-corrected chi connectivity index (χ4v) is 5.64. The molecule has 3 aromatic rings. The number of hydrogen-bond acceptors (Lipinski definition) is 4. The van der Waals surface area contributed by atoms with Crippen molar-refractivity contribution in [3.8, 4) is 17.1 Å². The number of ether oxygens (including phenoxy) is 1. The molecule has 0 spiro atoms. The fourth-order valence-electron chi connectivity index (χ4n) is 5.64. The summed E-state index contributed by atoms with van der Waals surface area (Å²) >= 11 is 0. The zero-order valence-corrected chi connectivity index (χ0v) is 21.9. The SMILES string of the molecule is CCCN1CCCCN(C(=O)c2ccc(-c3ccccc3F)o2)[C@@H]2CCCC[C@@H]2Oc2ccccc2C1=O. The van der Waals surface area contributed by atoms with Crippen LogP contribution in [0.2, 0.25) is 0 Å². The van der Waals surface area contributed by atoms with Gasteiger partial charge in [-0.05, 0) is 74.9 Å². The van der Waals surface area contributed by atoms with Crippen molar-refractivity contribution in [2.75, 3.05) is 19.6 Å². The van der Waals surface area contributed by atoms with Crippen LogP contribution < -0.4 is 4.74 Å². The number of carbonyl (C=O) groups is 2. The Labute approximate surface area is 223 Å². The number of hydrogen-bond donors (Lipinski definition) is 0. The lowest BCUT2D eigenvalue weighted by Crippen LogP contribution is -2.51. The van der Waals surface area contributed by atoms with Gasteiger partial charge in [0.1, 0.15) is 23.4 Å². The third-order valence-electron chi connectivity index (χ3n) is 7.54. The maximum atomic E-state index is 14.4. The molecule has 2 heterocycles. The number of nitrogens with zero attached hydrogens (tertiary/aromatic N) is 2. The molecule has 0 unspecified atom stereocenters. The van der Waals surface area contributed by atoms with Crippen LogP contribution in [0.4, 0.5) is 4.39 Å². The number of furan rings is 1. The summed E-state index contributed by atoms with van der Waals surface area (Å²) in [6.45, 7) is 3.90. The number of amides is 2. The summed E-state index contributed by atoms with van der Waals surface area (Å²) in [6.07, 6.45) is 5.79. The first-order valence-corrected chi connectivity index (χ1v) is 13.8. The van der Waals surface area contributed by atoms with Gasteiger partial charge in [0, 0.05) is 19.6 Å². The molecule has 2 amide bonds. The molecule has 1 fully saturated rings. The minimum atomic E-state index is -0.391. The summed E-state index contributed by atoms with van der Waals surface area (Å²) in [5, 5.41) is 0. The number of rotatable bonds is 4. The molecule has 1 saturated carbocycles. The van der Waals surface area contributed by atoms with E-state index in [1.807, 2.05) is 34.1 Å². The van der Waals surface area contributed by atoms with Crippen LogP contribution in [0.1, 0.15) is 72.8 Å². The first-order chi connectivity index (χ1) is 18.6. The monoisotopic (exact) mass is 518 g/mol. The number of fused-ring (bicyclic) bond motifs is 2. The molecule has 0 N–H and O–H groups in total. The van der Waals surface area contributed by atoms with E-state index in [9.17, 15) is 14.0 Å². The van der Waals surface area contributed by atoms with E-state index < -0.39 is 5.82 Å². The van der Waals surface area contributed by atoms with E-state index in [1.165, 1.54) is 6.07 Å². The third kappa shape index (κ3) is 5.47. The molecule has 5 rings (SSSR count). The summed E-state index contributed by atoms with van der Waals surface area (Å²) < 4.78 is 26.8. The first-order valence-electron chi connectivity index (χ1n) is 13.8. The second kappa shape index (κ2) is 11.8. The van der Waals surface area contributed by atoms with Gasteiger partial charge in [0.15, 0.2) is 5.76 Å². The molecule has 0 radical (unpaired) electrons. The molecule has 6 nitrogen and oxygen atoms in total. The number of halogens is 1. The number of carbonyl (C=O) groups excluding carboxylic acids is 2. The summed E-state index contributed by atoms with van der Waals surface area (Å²) in [6, 6.07) is 17.0. The van der Waals surface area contributed by atoms with Crippen LogP contribution in [-0.4, -0.2) is 53.4 Å². The molecule has 38 heavy (non-hydrogen) atoms. The molecule has 7 heteroatoms. The van der Waals surface area contributed by atoms with Crippen LogP contribution >= 0.6 is 0 Å². The highest BCUT2D eigenvalue weighted by atomic mass is 19.1. The van der Waals surface area contributed by atoms with Gasteiger partial charge in [0.25, 0.3) is 11.8 Å². The minimum absolute atomic E-state index is 0.000394. The summed E-state index contributed by atoms with van der Waals surface area (Å²) in [7, 11) is 0. The van der Waals surface area contributed by atoms with E-state index in [-0.39, 0.29) is 29.7 Å². The molecular weight excluding hydrogens is 483 g/mol. The molecule has 1 aromatic heterocycles. The van der Waals surface area contributed by atoms with Gasteiger partial charge in [-0.3, -0.25) is 9.59 Å². The molecule has 1 aliphatic carbocycles. The topological polar surface area (TPSA) is 63.0 Å². The predicted octanol–water partition coefficient (Wildman–Crippen LogP) is 6.56. The largest absolute Gasteiger partial charge is 0.487 e. The highest BCUT2D eigenvalue weighted by Gasteiger charge is 2.37. The van der Waals surface area contributed by atoms with Crippen molar-refractivity contribution in [1.29, 1.82) is 0 Å². The van der Waals surface area contributed by atoms with Gasteiger partial charge in [0.2, 0.25) is 0 Å². The molecule has 2 atom stereocenters. The second-order valence-corrected chi connectivity index (χ2v) is 10.1. The number of benzene rings is 2. The predicted molar refractivity (Wildman–Crippen MR) is 144 cm³/mol. The maximum absolute atomic E-state index is 14.4. The van der Waals surface area contributed by atoms with Gasteiger partial charge < -0.3 is 19.0 Å². The lowest BCUT2D eigenvalue weighted by atomic mass is 9.90. The zero-order chi connectivity index (χ0) is 26.5. The average Bonchev–Trinajstić information content (AvgIpc) is 3.42. The van der Waals surface area contributed by atoms with E-state index in [1.54, 1.807) is 30.3 Å². The average molecular weight is 519 g/mol. The quantitative estimate of drug-likeness (QED) is 0.392. The van der Waals surface area contributed by atoms with Crippen LogP contribution in [0.25, 0.3) is 11.3 Å². The maximum Gasteiger partial charge on any atom is 0.289 e. The Morgan fingerprint density at radius 2 is 1.66 bits per heavy atom. The van der Waals surface area contributed by atoms with Crippen molar-refractivity contribution in [3.05, 3.63) is 77.8 Å². The van der Waals surface area contributed by atoms with E-state index in [0.717, 1.165) is 44.9 Å². The molecule has 2 aromatic carbocycles. The van der Waals surface area contributed by atoms with Crippen molar-refractivity contribution in [2.45, 2.75) is 64.0 Å². The van der Waals surface area contributed by atoms with Gasteiger partial charge in [-0.25, -0.2) is 4.39 Å². The van der Waals surface area contributed by atoms with E-state index in [4.69, 9.17) is 9.15 Å². The molecule has 1 aliphatic heterocycles. The van der Waals surface area contributed by atoms with E-state index in [2.05, 4.69) is 6.92 Å². The van der Waals surface area contributed by atoms with Gasteiger partial charge in [-0.2, -0.15) is 0 Å². The third-order valence-corrected chi connectivity index (χ3v) is 7.54. The lowest BCUT2D eigenvalue weighted by Gasteiger charge is -2.40. The van der Waals surface area contributed by atoms with Gasteiger partial charge >= 0.3 is 0 Å². The van der Waals surface area contributed by atoms with Crippen LogP contribution in [-0.2, 0) is 0 Å². The standard InChI is InChI=1S/C31H35FN2O4/c1-2-19-33-20-9-10-21-34(31(36)29-18-17-27(38-29)22-11-3-5-13-24(22)32)25-14-6-8-16-28(25)37-26-15-7-4-12-23(26)30(33)35/h3-5,7,11-13,15,17-18,25,28H,2,6,8-10,14,16,19-21H2,1H3/t25-,28+/m1/s1. The van der Waals surface area contributed by atoms with Gasteiger partial charge in [-0.1, -0.05) is 37.6 Å². The zero-order valence-electron chi connectivity index (χ0n) is 21.9. The minimum Gasteiger partial charge on any atom is -0.487 e. The van der Waals surface area contributed by atoms with Crippen molar-refractivity contribution < 1.29 is 23.1 Å². The van der Waals surface area contributed by atoms with Gasteiger partial charge in [-0.15, -0.1) is 0 Å². The Morgan fingerprint density at radius 3 is 2.47 bits per heavy atom. The Kier molecular flexibility index (Phi) is 8.11. The molecule has 200 valence electrons. The highest BCUT2D eigenvalue weighted by Crippen LogP contribution is 2.32. The van der Waals surface area contributed by atoms with Crippen LogP contribution in [0.3, 0.4) is 0 Å². The van der Waals surface area contributed by atoms with Crippen molar-refractivity contribution in [3.63, 3.8) is 0 Å². The Hall–Kier alpha value is -3.61. The molecule has 2 aliphatic rings. The van der Waals surface area contributed by atoms with Crippen molar-refractivity contribution >= 4 is 11.8 Å². The van der Waals surface area contributed by atoms with E-state index in [0.29, 0.717) is 42.3 Å². The van der Waals surface area contributed by atoms with Crippen molar-refractivity contribution in [1.82, 2.24) is 9.80 Å². The summed E-state index contributed by atoms with van der Waals surface area (Å²) in [5.74, 6) is 0.503. The lowest BCUT2D eigenvalue weighted by molar-refractivity contribution is 0.0239. The van der Waals surface area contributed by atoms with Crippen LogP contribution in [0.5, 0.6) is 5.75 Å². The highest BCUT2D eigenvalue weighted by molar-refractivity contribution is 5.97. The smallest absolute Gasteiger partial charge is 0.289 e. The molecular formula is C31H35FN2O4. The Morgan fingerprint density at radius 1 is 0.921 bits per heavy atom. The van der Waals surface area contributed by atoms with Crippen molar-refractivity contribution in [2.24, 2.45) is 0 Å². The normalized spacial score (nSPS) is 20.5. The Balaban J connectivity index is 1.46. The first kappa shape index (κ1) is 26.0. The van der Waals surface area contributed by atoms with Gasteiger partial charge in [0.05, 0.1) is 17.2 Å². The Bertz CT molecular complexity index is 1270. The van der Waals surface area contributed by atoms with Crippen LogP contribution in [0, 0.1) is 5.82 Å².